The number of carbonyl (C=O) groups is 2. The normalized spacial score (nSPS) is 14.7. The molecule has 2 rings (SSSR count). The summed E-state index contributed by atoms with van der Waals surface area (Å²) in [5, 5.41) is 5.73. The van der Waals surface area contributed by atoms with Crippen LogP contribution in [0, 0.1) is 5.92 Å². The Morgan fingerprint density at radius 2 is 1.96 bits per heavy atom. The van der Waals surface area contributed by atoms with E-state index >= 15 is 0 Å². The number of carbonyl (C=O) groups excluding carboxylic acids is 2. The zero-order valence-corrected chi connectivity index (χ0v) is 14.0. The van der Waals surface area contributed by atoms with Gasteiger partial charge in [-0.2, -0.15) is 0 Å². The fraction of sp³-hybridized carbons (Fsp3) is 0.529. The molecule has 6 heteroatoms. The van der Waals surface area contributed by atoms with E-state index < -0.39 is 0 Å². The highest BCUT2D eigenvalue weighted by atomic mass is 16.5. The number of hydrogen-bond acceptors (Lipinski definition) is 4. The van der Waals surface area contributed by atoms with Gasteiger partial charge in [-0.1, -0.05) is 13.8 Å². The standard InChI is InChI=1S/C17H25N3O3/c1-12(2)11-18-17(22)15-5-4-14(19-13(3)21)10-16(15)20-6-8-23-9-7-20/h4-5,10,12H,6-9,11H2,1-3H3,(H,18,22)(H,19,21). The fourth-order valence-corrected chi connectivity index (χ4v) is 2.46. The van der Waals surface area contributed by atoms with Crippen LogP contribution in [-0.2, 0) is 9.53 Å². The van der Waals surface area contributed by atoms with Crippen LogP contribution in [0.5, 0.6) is 0 Å². The molecule has 1 aliphatic heterocycles. The van der Waals surface area contributed by atoms with Gasteiger partial charge in [0.2, 0.25) is 5.91 Å². The molecule has 23 heavy (non-hydrogen) atoms. The van der Waals surface area contributed by atoms with Crippen molar-refractivity contribution in [2.75, 3.05) is 43.1 Å². The van der Waals surface area contributed by atoms with Crippen LogP contribution in [0.25, 0.3) is 0 Å². The molecule has 0 saturated carbocycles. The number of anilines is 2. The van der Waals surface area contributed by atoms with Gasteiger partial charge in [0.1, 0.15) is 0 Å². The zero-order chi connectivity index (χ0) is 16.8. The maximum Gasteiger partial charge on any atom is 0.253 e. The van der Waals surface area contributed by atoms with Crippen LogP contribution in [0.4, 0.5) is 11.4 Å². The monoisotopic (exact) mass is 319 g/mol. The first kappa shape index (κ1) is 17.3. The second-order valence-corrected chi connectivity index (χ2v) is 6.12. The largest absolute Gasteiger partial charge is 0.378 e. The minimum atomic E-state index is -0.130. The molecule has 126 valence electrons. The number of nitrogens with one attached hydrogen (secondary N) is 2. The molecule has 0 atom stereocenters. The highest BCUT2D eigenvalue weighted by molar-refractivity contribution is 6.01. The van der Waals surface area contributed by atoms with Gasteiger partial charge in [0.25, 0.3) is 5.91 Å². The summed E-state index contributed by atoms with van der Waals surface area (Å²) in [6.07, 6.45) is 0. The first-order chi connectivity index (χ1) is 11.0. The molecule has 0 unspecified atom stereocenters. The molecule has 2 N–H and O–H groups in total. The van der Waals surface area contributed by atoms with Crippen molar-refractivity contribution >= 4 is 23.2 Å². The van der Waals surface area contributed by atoms with Crippen molar-refractivity contribution in [2.45, 2.75) is 20.8 Å². The molecule has 0 bridgehead atoms. The Hall–Kier alpha value is -2.08. The molecule has 0 aliphatic carbocycles. The molecule has 1 aliphatic rings. The van der Waals surface area contributed by atoms with Gasteiger partial charge in [-0.15, -0.1) is 0 Å². The number of morpholine rings is 1. The summed E-state index contributed by atoms with van der Waals surface area (Å²) >= 11 is 0. The van der Waals surface area contributed by atoms with Gasteiger partial charge in [0.05, 0.1) is 24.5 Å². The predicted molar refractivity (Wildman–Crippen MR) is 90.9 cm³/mol. The third kappa shape index (κ3) is 4.96. The van der Waals surface area contributed by atoms with E-state index in [1.807, 2.05) is 6.07 Å². The van der Waals surface area contributed by atoms with Crippen LogP contribution in [0.15, 0.2) is 18.2 Å². The first-order valence-corrected chi connectivity index (χ1v) is 8.00. The Balaban J connectivity index is 2.27. The van der Waals surface area contributed by atoms with Gasteiger partial charge in [-0.25, -0.2) is 0 Å². The van der Waals surface area contributed by atoms with Gasteiger partial charge >= 0.3 is 0 Å². The van der Waals surface area contributed by atoms with Crippen molar-refractivity contribution in [3.63, 3.8) is 0 Å². The van der Waals surface area contributed by atoms with Crippen LogP contribution in [-0.4, -0.2) is 44.7 Å². The number of ether oxygens (including phenoxy) is 1. The van der Waals surface area contributed by atoms with Crippen molar-refractivity contribution in [1.29, 1.82) is 0 Å². The average molecular weight is 319 g/mol. The van der Waals surface area contributed by atoms with Crippen LogP contribution in [0.1, 0.15) is 31.1 Å². The van der Waals surface area contributed by atoms with Gasteiger partial charge in [-0.05, 0) is 24.1 Å². The van der Waals surface area contributed by atoms with Crippen LogP contribution in [0.3, 0.4) is 0 Å². The van der Waals surface area contributed by atoms with E-state index in [1.54, 1.807) is 12.1 Å². The second kappa shape index (κ2) is 7.97. The van der Waals surface area contributed by atoms with Crippen molar-refractivity contribution < 1.29 is 14.3 Å². The van der Waals surface area contributed by atoms with Crippen molar-refractivity contribution in [3.05, 3.63) is 23.8 Å². The number of amides is 2. The Kier molecular flexibility index (Phi) is 5.98. The number of nitrogens with zero attached hydrogens (tertiary/aromatic N) is 1. The molecular formula is C17H25N3O3. The van der Waals surface area contributed by atoms with Crippen LogP contribution >= 0.6 is 0 Å². The fourth-order valence-electron chi connectivity index (χ4n) is 2.46. The summed E-state index contributed by atoms with van der Waals surface area (Å²) in [4.78, 5) is 25.9. The lowest BCUT2D eigenvalue weighted by Gasteiger charge is -2.30. The highest BCUT2D eigenvalue weighted by Crippen LogP contribution is 2.26. The van der Waals surface area contributed by atoms with Gasteiger partial charge in [0, 0.05) is 32.2 Å². The summed E-state index contributed by atoms with van der Waals surface area (Å²) in [5.74, 6) is 0.175. The predicted octanol–water partition coefficient (Wildman–Crippen LogP) is 1.87. The van der Waals surface area contributed by atoms with E-state index in [0.717, 1.165) is 18.8 Å². The molecule has 1 fully saturated rings. The summed E-state index contributed by atoms with van der Waals surface area (Å²) in [7, 11) is 0. The van der Waals surface area contributed by atoms with Gasteiger partial charge in [0.15, 0.2) is 0 Å². The molecule has 6 nitrogen and oxygen atoms in total. The maximum atomic E-state index is 12.5. The Labute approximate surface area is 137 Å². The molecule has 1 aromatic carbocycles. The minimum absolute atomic E-state index is 0.0884. The number of benzene rings is 1. The third-order valence-corrected chi connectivity index (χ3v) is 3.59. The molecule has 0 aromatic heterocycles. The molecule has 1 saturated heterocycles. The Morgan fingerprint density at radius 3 is 2.57 bits per heavy atom. The smallest absolute Gasteiger partial charge is 0.253 e. The van der Waals surface area contributed by atoms with Crippen molar-refractivity contribution in [3.8, 4) is 0 Å². The topological polar surface area (TPSA) is 70.7 Å². The molecule has 1 aromatic rings. The van der Waals surface area contributed by atoms with E-state index in [2.05, 4.69) is 29.4 Å². The number of rotatable bonds is 5. The zero-order valence-electron chi connectivity index (χ0n) is 14.0. The van der Waals surface area contributed by atoms with Crippen LogP contribution < -0.4 is 15.5 Å². The summed E-state index contributed by atoms with van der Waals surface area (Å²) in [6, 6.07) is 5.39. The van der Waals surface area contributed by atoms with E-state index in [9.17, 15) is 9.59 Å². The van der Waals surface area contributed by atoms with Crippen LogP contribution in [0.2, 0.25) is 0 Å². The summed E-state index contributed by atoms with van der Waals surface area (Å²) in [5.41, 5.74) is 2.15. The highest BCUT2D eigenvalue weighted by Gasteiger charge is 2.19. The quantitative estimate of drug-likeness (QED) is 0.869. The van der Waals surface area contributed by atoms with E-state index in [-0.39, 0.29) is 11.8 Å². The molecule has 1 heterocycles. The van der Waals surface area contributed by atoms with E-state index in [0.29, 0.717) is 36.9 Å². The molecular weight excluding hydrogens is 294 g/mol. The maximum absolute atomic E-state index is 12.5. The SMILES string of the molecule is CC(=O)Nc1ccc(C(=O)NCC(C)C)c(N2CCOCC2)c1. The molecule has 2 amide bonds. The summed E-state index contributed by atoms with van der Waals surface area (Å²) in [6.45, 7) is 8.95. The van der Waals surface area contributed by atoms with Crippen molar-refractivity contribution in [2.24, 2.45) is 5.92 Å². The molecule has 0 radical (unpaired) electrons. The van der Waals surface area contributed by atoms with Crippen molar-refractivity contribution in [1.82, 2.24) is 5.32 Å². The minimum Gasteiger partial charge on any atom is -0.378 e. The molecule has 0 spiro atoms. The lowest BCUT2D eigenvalue weighted by molar-refractivity contribution is -0.114. The summed E-state index contributed by atoms with van der Waals surface area (Å²) < 4.78 is 5.38. The Morgan fingerprint density at radius 1 is 1.26 bits per heavy atom. The Bertz CT molecular complexity index is 566. The second-order valence-electron chi connectivity index (χ2n) is 6.12. The van der Waals surface area contributed by atoms with Gasteiger partial charge in [-0.3, -0.25) is 9.59 Å². The average Bonchev–Trinajstić information content (AvgIpc) is 2.52. The lowest BCUT2D eigenvalue weighted by atomic mass is 10.1. The first-order valence-electron chi connectivity index (χ1n) is 8.00. The third-order valence-electron chi connectivity index (χ3n) is 3.59. The van der Waals surface area contributed by atoms with E-state index in [4.69, 9.17) is 4.74 Å². The van der Waals surface area contributed by atoms with E-state index in [1.165, 1.54) is 6.92 Å². The van der Waals surface area contributed by atoms with Gasteiger partial charge < -0.3 is 20.3 Å². The number of hydrogen-bond donors (Lipinski definition) is 2. The lowest BCUT2D eigenvalue weighted by Crippen LogP contribution is -2.38.